The molecule has 2 rings (SSSR count). The zero-order chi connectivity index (χ0) is 15.9. The third-order valence-corrected chi connectivity index (χ3v) is 3.69. The molecule has 6 heteroatoms. The molecule has 0 saturated heterocycles. The van der Waals surface area contributed by atoms with E-state index in [1.807, 2.05) is 26.0 Å². The van der Waals surface area contributed by atoms with E-state index in [1.165, 1.54) is 29.0 Å². The standard InChI is InChI=1S/C16H20N2O3S/c1-11-6-12(2)8-14(7-11)21-4-5-22-16-17-13(10-20-3)9-15(19)18-16/h6-9H,4-5,10H2,1-3H3,(H,17,18,19). The van der Waals surface area contributed by atoms with Crippen molar-refractivity contribution in [2.45, 2.75) is 25.6 Å². The SMILES string of the molecule is COCc1cc(=O)[nH]c(SCCOc2cc(C)cc(C)c2)n1. The van der Waals surface area contributed by atoms with E-state index < -0.39 is 0 Å². The van der Waals surface area contributed by atoms with Crippen LogP contribution in [-0.4, -0.2) is 29.4 Å². The number of methoxy groups -OCH3 is 1. The Balaban J connectivity index is 1.87. The molecule has 0 bridgehead atoms. The van der Waals surface area contributed by atoms with Crippen LogP contribution in [0.25, 0.3) is 0 Å². The number of ether oxygens (including phenoxy) is 2. The van der Waals surface area contributed by atoms with Gasteiger partial charge in [-0.25, -0.2) is 4.98 Å². The summed E-state index contributed by atoms with van der Waals surface area (Å²) in [6.07, 6.45) is 0. The number of hydrogen-bond donors (Lipinski definition) is 1. The molecule has 0 aliphatic rings. The summed E-state index contributed by atoms with van der Waals surface area (Å²) in [6, 6.07) is 7.57. The monoisotopic (exact) mass is 320 g/mol. The van der Waals surface area contributed by atoms with Crippen LogP contribution in [0.2, 0.25) is 0 Å². The van der Waals surface area contributed by atoms with Gasteiger partial charge in [0, 0.05) is 18.9 Å². The molecular weight excluding hydrogens is 300 g/mol. The number of aromatic amines is 1. The first-order valence-electron chi connectivity index (χ1n) is 7.00. The van der Waals surface area contributed by atoms with E-state index in [9.17, 15) is 4.79 Å². The Kier molecular flexibility index (Phi) is 6.03. The number of rotatable bonds is 7. The van der Waals surface area contributed by atoms with E-state index in [0.717, 1.165) is 5.75 Å². The molecule has 0 radical (unpaired) electrons. The topological polar surface area (TPSA) is 64.2 Å². The van der Waals surface area contributed by atoms with Gasteiger partial charge in [0.1, 0.15) is 5.75 Å². The zero-order valence-electron chi connectivity index (χ0n) is 13.0. The van der Waals surface area contributed by atoms with Gasteiger partial charge < -0.3 is 14.5 Å². The van der Waals surface area contributed by atoms with Crippen LogP contribution < -0.4 is 10.3 Å². The highest BCUT2D eigenvalue weighted by atomic mass is 32.2. The molecule has 1 heterocycles. The molecule has 2 aromatic rings. The first-order chi connectivity index (χ1) is 10.6. The molecule has 0 aliphatic carbocycles. The molecule has 0 amide bonds. The minimum absolute atomic E-state index is 0.167. The molecule has 0 saturated carbocycles. The highest BCUT2D eigenvalue weighted by Crippen LogP contribution is 2.17. The van der Waals surface area contributed by atoms with Gasteiger partial charge in [0.2, 0.25) is 0 Å². The number of hydrogen-bond acceptors (Lipinski definition) is 5. The maximum Gasteiger partial charge on any atom is 0.251 e. The average molecular weight is 320 g/mol. The van der Waals surface area contributed by atoms with Gasteiger partial charge >= 0.3 is 0 Å². The lowest BCUT2D eigenvalue weighted by Gasteiger charge is -2.08. The summed E-state index contributed by atoms with van der Waals surface area (Å²) in [5.41, 5.74) is 2.82. The molecule has 22 heavy (non-hydrogen) atoms. The first kappa shape index (κ1) is 16.6. The van der Waals surface area contributed by atoms with E-state index in [4.69, 9.17) is 9.47 Å². The number of benzene rings is 1. The van der Waals surface area contributed by atoms with Crippen molar-refractivity contribution in [3.05, 3.63) is 51.4 Å². The molecular formula is C16H20N2O3S. The van der Waals surface area contributed by atoms with Crippen LogP contribution in [0.4, 0.5) is 0 Å². The number of nitrogens with one attached hydrogen (secondary N) is 1. The van der Waals surface area contributed by atoms with E-state index in [0.29, 0.717) is 29.8 Å². The maximum atomic E-state index is 11.5. The summed E-state index contributed by atoms with van der Waals surface area (Å²) in [5, 5.41) is 0.587. The lowest BCUT2D eigenvalue weighted by molar-refractivity contribution is 0.180. The van der Waals surface area contributed by atoms with E-state index in [2.05, 4.69) is 16.0 Å². The van der Waals surface area contributed by atoms with Gasteiger partial charge in [-0.2, -0.15) is 0 Å². The van der Waals surface area contributed by atoms with Gasteiger partial charge in [0.15, 0.2) is 5.16 Å². The van der Waals surface area contributed by atoms with Crippen LogP contribution in [-0.2, 0) is 11.3 Å². The summed E-state index contributed by atoms with van der Waals surface area (Å²) in [6.45, 7) is 4.97. The highest BCUT2D eigenvalue weighted by Gasteiger charge is 2.03. The quantitative estimate of drug-likeness (QED) is 0.483. The van der Waals surface area contributed by atoms with Crippen molar-refractivity contribution in [3.8, 4) is 5.75 Å². The smallest absolute Gasteiger partial charge is 0.251 e. The molecule has 118 valence electrons. The summed E-state index contributed by atoms with van der Waals surface area (Å²) in [5.74, 6) is 1.57. The number of aromatic nitrogens is 2. The van der Waals surface area contributed by atoms with Crippen LogP contribution in [0, 0.1) is 13.8 Å². The summed E-state index contributed by atoms with van der Waals surface area (Å²) < 4.78 is 10.7. The number of thioether (sulfide) groups is 1. The van der Waals surface area contributed by atoms with Crippen LogP contribution in [0.15, 0.2) is 34.2 Å². The zero-order valence-corrected chi connectivity index (χ0v) is 13.8. The van der Waals surface area contributed by atoms with Crippen molar-refractivity contribution in [1.29, 1.82) is 0 Å². The lowest BCUT2D eigenvalue weighted by Crippen LogP contribution is -2.11. The molecule has 0 fully saturated rings. The molecule has 5 nitrogen and oxygen atoms in total. The number of aryl methyl sites for hydroxylation is 2. The second-order valence-electron chi connectivity index (χ2n) is 5.00. The molecule has 0 aliphatic heterocycles. The number of nitrogens with zero attached hydrogens (tertiary/aromatic N) is 1. The van der Waals surface area contributed by atoms with Crippen LogP contribution in [0.5, 0.6) is 5.75 Å². The van der Waals surface area contributed by atoms with E-state index in [1.54, 1.807) is 7.11 Å². The Morgan fingerprint density at radius 1 is 1.18 bits per heavy atom. The van der Waals surface area contributed by atoms with Crippen LogP contribution in [0.3, 0.4) is 0 Å². The Labute approximate surface area is 134 Å². The minimum Gasteiger partial charge on any atom is -0.493 e. The summed E-state index contributed by atoms with van der Waals surface area (Å²) in [7, 11) is 1.58. The second-order valence-corrected chi connectivity index (χ2v) is 6.08. The molecule has 1 N–H and O–H groups in total. The molecule has 1 aromatic heterocycles. The van der Waals surface area contributed by atoms with Gasteiger partial charge in [-0.1, -0.05) is 17.8 Å². The Morgan fingerprint density at radius 3 is 2.59 bits per heavy atom. The van der Waals surface area contributed by atoms with Crippen molar-refractivity contribution in [3.63, 3.8) is 0 Å². The van der Waals surface area contributed by atoms with Crippen LogP contribution >= 0.6 is 11.8 Å². The second kappa shape index (κ2) is 8.00. The van der Waals surface area contributed by atoms with E-state index >= 15 is 0 Å². The van der Waals surface area contributed by atoms with Gasteiger partial charge in [0.05, 0.1) is 18.9 Å². The molecule has 0 atom stereocenters. The molecule has 0 unspecified atom stereocenters. The minimum atomic E-state index is -0.167. The lowest BCUT2D eigenvalue weighted by atomic mass is 10.1. The molecule has 0 spiro atoms. The largest absolute Gasteiger partial charge is 0.493 e. The van der Waals surface area contributed by atoms with Gasteiger partial charge in [-0.3, -0.25) is 4.79 Å². The highest BCUT2D eigenvalue weighted by molar-refractivity contribution is 7.99. The third-order valence-electron chi connectivity index (χ3n) is 2.85. The van der Waals surface area contributed by atoms with Crippen LogP contribution in [0.1, 0.15) is 16.8 Å². The van der Waals surface area contributed by atoms with Gasteiger partial charge in [-0.05, 0) is 37.1 Å². The fourth-order valence-electron chi connectivity index (χ4n) is 2.09. The summed E-state index contributed by atoms with van der Waals surface area (Å²) in [4.78, 5) is 18.6. The van der Waals surface area contributed by atoms with Gasteiger partial charge in [0.25, 0.3) is 5.56 Å². The van der Waals surface area contributed by atoms with Gasteiger partial charge in [-0.15, -0.1) is 0 Å². The molecule has 1 aromatic carbocycles. The summed E-state index contributed by atoms with van der Waals surface area (Å²) >= 11 is 1.46. The van der Waals surface area contributed by atoms with Crippen molar-refractivity contribution in [2.24, 2.45) is 0 Å². The Hall–Kier alpha value is -1.79. The fourth-order valence-corrected chi connectivity index (χ4v) is 2.80. The number of H-pyrrole nitrogens is 1. The first-order valence-corrected chi connectivity index (χ1v) is 7.98. The normalized spacial score (nSPS) is 10.7. The van der Waals surface area contributed by atoms with Crippen molar-refractivity contribution < 1.29 is 9.47 Å². The Morgan fingerprint density at radius 2 is 1.91 bits per heavy atom. The Bertz CT molecular complexity index is 665. The van der Waals surface area contributed by atoms with Crippen molar-refractivity contribution in [2.75, 3.05) is 19.5 Å². The average Bonchev–Trinajstić information content (AvgIpc) is 2.42. The fraction of sp³-hybridized carbons (Fsp3) is 0.375. The third kappa shape index (κ3) is 5.20. The predicted octanol–water partition coefficient (Wildman–Crippen LogP) is 2.70. The van der Waals surface area contributed by atoms with Crippen molar-refractivity contribution >= 4 is 11.8 Å². The predicted molar refractivity (Wildman–Crippen MR) is 87.7 cm³/mol. The van der Waals surface area contributed by atoms with Crippen molar-refractivity contribution in [1.82, 2.24) is 9.97 Å². The van der Waals surface area contributed by atoms with E-state index in [-0.39, 0.29) is 5.56 Å². The maximum absolute atomic E-state index is 11.5.